The van der Waals surface area contributed by atoms with E-state index in [2.05, 4.69) is 73.7 Å². The third-order valence-electron chi connectivity index (χ3n) is 5.22. The Labute approximate surface area is 172 Å². The lowest BCUT2D eigenvalue weighted by atomic mass is 10.1. The Hall–Kier alpha value is -3.27. The fraction of sp³-hybridized carbons (Fsp3) is 0.240. The lowest BCUT2D eigenvalue weighted by molar-refractivity contribution is 0.0669. The molecular formula is C25H27NO3. The van der Waals surface area contributed by atoms with Gasteiger partial charge in [-0.2, -0.15) is 0 Å². The molecule has 0 spiro atoms. The Kier molecular flexibility index (Phi) is 6.23. The number of rotatable bonds is 5. The van der Waals surface area contributed by atoms with Crippen LogP contribution in [0.25, 0.3) is 0 Å². The molecule has 0 amide bonds. The molecule has 29 heavy (non-hydrogen) atoms. The normalized spacial score (nSPS) is 10.5. The summed E-state index contributed by atoms with van der Waals surface area (Å²) in [5.74, 6) is 0. The number of benzene rings is 3. The molecular weight excluding hydrogens is 362 g/mol. The van der Waals surface area contributed by atoms with Crippen molar-refractivity contribution in [2.45, 2.75) is 34.3 Å². The van der Waals surface area contributed by atoms with Gasteiger partial charge < -0.3 is 14.4 Å². The molecule has 0 unspecified atom stereocenters. The number of carbonyl (C=O) groups is 1. The highest BCUT2D eigenvalue weighted by molar-refractivity contribution is 5.77. The summed E-state index contributed by atoms with van der Waals surface area (Å²) >= 11 is 0. The smallest absolute Gasteiger partial charge is 0.438 e. The van der Waals surface area contributed by atoms with E-state index in [4.69, 9.17) is 4.74 Å². The van der Waals surface area contributed by atoms with Gasteiger partial charge in [0.05, 0.1) is 7.11 Å². The van der Waals surface area contributed by atoms with Crippen LogP contribution < -0.4 is 4.90 Å². The van der Waals surface area contributed by atoms with E-state index in [0.29, 0.717) is 0 Å². The van der Waals surface area contributed by atoms with Crippen LogP contribution >= 0.6 is 0 Å². The highest BCUT2D eigenvalue weighted by Crippen LogP contribution is 2.36. The highest BCUT2D eigenvalue weighted by Gasteiger charge is 2.14. The first-order valence-electron chi connectivity index (χ1n) is 9.63. The third kappa shape index (κ3) is 4.77. The van der Waals surface area contributed by atoms with E-state index >= 15 is 0 Å². The van der Waals surface area contributed by atoms with Crippen LogP contribution in [0.15, 0.2) is 60.7 Å². The molecule has 0 saturated carbocycles. The van der Waals surface area contributed by atoms with Gasteiger partial charge >= 0.3 is 6.16 Å². The van der Waals surface area contributed by atoms with E-state index in [1.807, 2.05) is 24.3 Å². The van der Waals surface area contributed by atoms with Crippen LogP contribution in [0.2, 0.25) is 0 Å². The molecule has 0 saturated heterocycles. The molecule has 4 nitrogen and oxygen atoms in total. The van der Waals surface area contributed by atoms with Crippen molar-refractivity contribution in [3.05, 3.63) is 88.5 Å². The topological polar surface area (TPSA) is 38.8 Å². The maximum Gasteiger partial charge on any atom is 0.508 e. The second kappa shape index (κ2) is 8.82. The van der Waals surface area contributed by atoms with E-state index in [-0.39, 0.29) is 6.61 Å². The molecule has 0 bridgehead atoms. The molecule has 0 radical (unpaired) electrons. The molecule has 3 aromatic carbocycles. The average Bonchev–Trinajstić information content (AvgIpc) is 2.72. The number of anilines is 3. The third-order valence-corrected chi connectivity index (χ3v) is 5.22. The fourth-order valence-corrected chi connectivity index (χ4v) is 3.12. The summed E-state index contributed by atoms with van der Waals surface area (Å²) in [4.78, 5) is 13.4. The van der Waals surface area contributed by atoms with E-state index in [9.17, 15) is 4.79 Å². The van der Waals surface area contributed by atoms with Crippen molar-refractivity contribution in [2.75, 3.05) is 12.0 Å². The van der Waals surface area contributed by atoms with Crippen molar-refractivity contribution in [1.82, 2.24) is 0 Å². The predicted octanol–water partition coefficient (Wildman–Crippen LogP) is 6.67. The number of nitrogens with zero attached hydrogens (tertiary/aromatic N) is 1. The Morgan fingerprint density at radius 1 is 0.724 bits per heavy atom. The molecule has 0 aliphatic heterocycles. The van der Waals surface area contributed by atoms with Gasteiger partial charge in [-0.1, -0.05) is 24.3 Å². The summed E-state index contributed by atoms with van der Waals surface area (Å²) in [7, 11) is 1.30. The van der Waals surface area contributed by atoms with E-state index < -0.39 is 6.16 Å². The van der Waals surface area contributed by atoms with Crippen molar-refractivity contribution in [2.24, 2.45) is 0 Å². The van der Waals surface area contributed by atoms with E-state index in [1.54, 1.807) is 0 Å². The van der Waals surface area contributed by atoms with Gasteiger partial charge in [0.1, 0.15) is 6.61 Å². The zero-order valence-electron chi connectivity index (χ0n) is 17.7. The van der Waals surface area contributed by atoms with Gasteiger partial charge in [-0.05, 0) is 91.9 Å². The number of aryl methyl sites for hydroxylation is 4. The van der Waals surface area contributed by atoms with Gasteiger partial charge in [0, 0.05) is 17.1 Å². The largest absolute Gasteiger partial charge is 0.508 e. The zero-order valence-corrected chi connectivity index (χ0v) is 17.7. The minimum Gasteiger partial charge on any atom is -0.438 e. The van der Waals surface area contributed by atoms with Crippen molar-refractivity contribution in [3.8, 4) is 0 Å². The van der Waals surface area contributed by atoms with Crippen LogP contribution in [0.4, 0.5) is 21.9 Å². The van der Waals surface area contributed by atoms with Crippen LogP contribution in [-0.2, 0) is 16.1 Å². The summed E-state index contributed by atoms with van der Waals surface area (Å²) in [5.41, 5.74) is 9.19. The molecule has 0 aromatic heterocycles. The first kappa shape index (κ1) is 20.5. The van der Waals surface area contributed by atoms with Crippen LogP contribution in [0.1, 0.15) is 27.8 Å². The van der Waals surface area contributed by atoms with Crippen LogP contribution in [0, 0.1) is 27.7 Å². The number of ether oxygens (including phenoxy) is 2. The summed E-state index contributed by atoms with van der Waals surface area (Å²) in [6.45, 7) is 8.68. The Bertz CT molecular complexity index is 958. The van der Waals surface area contributed by atoms with Gasteiger partial charge in [0.2, 0.25) is 0 Å². The fourth-order valence-electron chi connectivity index (χ4n) is 3.12. The maximum absolute atomic E-state index is 11.2. The number of hydrogen-bond donors (Lipinski definition) is 0. The molecule has 4 heteroatoms. The molecule has 0 aliphatic rings. The second-order valence-corrected chi connectivity index (χ2v) is 7.28. The molecule has 0 aliphatic carbocycles. The monoisotopic (exact) mass is 389 g/mol. The molecule has 0 heterocycles. The average molecular weight is 389 g/mol. The Morgan fingerprint density at radius 2 is 1.21 bits per heavy atom. The van der Waals surface area contributed by atoms with Gasteiger partial charge in [0.25, 0.3) is 0 Å². The SMILES string of the molecule is COC(=O)OCc1ccc(N(c2ccc(C)c(C)c2)c2ccc(C)c(C)c2)cc1. The summed E-state index contributed by atoms with van der Waals surface area (Å²) in [6, 6.07) is 21.0. The maximum atomic E-state index is 11.2. The summed E-state index contributed by atoms with van der Waals surface area (Å²) < 4.78 is 9.55. The molecule has 3 rings (SSSR count). The van der Waals surface area contributed by atoms with Crippen molar-refractivity contribution in [3.63, 3.8) is 0 Å². The summed E-state index contributed by atoms with van der Waals surface area (Å²) in [5, 5.41) is 0. The zero-order chi connectivity index (χ0) is 21.0. The number of carbonyl (C=O) groups excluding carboxylic acids is 1. The molecule has 3 aromatic rings. The van der Waals surface area contributed by atoms with E-state index in [1.165, 1.54) is 29.4 Å². The van der Waals surface area contributed by atoms with Crippen LogP contribution in [0.3, 0.4) is 0 Å². The molecule has 150 valence electrons. The van der Waals surface area contributed by atoms with Crippen LogP contribution in [-0.4, -0.2) is 13.3 Å². The molecule has 0 atom stereocenters. The first-order valence-corrected chi connectivity index (χ1v) is 9.63. The number of methoxy groups -OCH3 is 1. The Balaban J connectivity index is 1.99. The van der Waals surface area contributed by atoms with Crippen molar-refractivity contribution in [1.29, 1.82) is 0 Å². The standard InChI is InChI=1S/C25H27NO3/c1-17-6-10-23(14-19(17)3)26(24-11-7-18(2)20(4)15-24)22-12-8-21(9-13-22)16-29-25(27)28-5/h6-15H,16H2,1-5H3. The highest BCUT2D eigenvalue weighted by atomic mass is 16.7. The van der Waals surface area contributed by atoms with Crippen molar-refractivity contribution >= 4 is 23.2 Å². The molecule has 0 N–H and O–H groups in total. The van der Waals surface area contributed by atoms with Gasteiger partial charge in [-0.3, -0.25) is 0 Å². The van der Waals surface area contributed by atoms with Gasteiger partial charge in [-0.15, -0.1) is 0 Å². The Morgan fingerprint density at radius 3 is 1.66 bits per heavy atom. The van der Waals surface area contributed by atoms with Crippen LogP contribution in [0.5, 0.6) is 0 Å². The summed E-state index contributed by atoms with van der Waals surface area (Å²) in [6.07, 6.45) is -0.680. The van der Waals surface area contributed by atoms with Gasteiger partial charge in [0.15, 0.2) is 0 Å². The number of hydrogen-bond acceptors (Lipinski definition) is 4. The first-order chi connectivity index (χ1) is 13.9. The lowest BCUT2D eigenvalue weighted by Gasteiger charge is -2.27. The second-order valence-electron chi connectivity index (χ2n) is 7.28. The lowest BCUT2D eigenvalue weighted by Crippen LogP contribution is -2.11. The minimum atomic E-state index is -0.680. The van der Waals surface area contributed by atoms with E-state index in [0.717, 1.165) is 22.6 Å². The van der Waals surface area contributed by atoms with Gasteiger partial charge in [-0.25, -0.2) is 4.79 Å². The van der Waals surface area contributed by atoms with Crippen molar-refractivity contribution < 1.29 is 14.3 Å². The molecule has 0 fully saturated rings. The quantitative estimate of drug-likeness (QED) is 0.457. The predicted molar refractivity (Wildman–Crippen MR) is 117 cm³/mol. The minimum absolute atomic E-state index is 0.181.